The van der Waals surface area contributed by atoms with Gasteiger partial charge in [-0.25, -0.2) is 9.97 Å². The zero-order valence-corrected chi connectivity index (χ0v) is 13.7. The maximum Gasteiger partial charge on any atom is 0.140 e. The van der Waals surface area contributed by atoms with E-state index in [1.807, 2.05) is 0 Å². The molecule has 1 rings (SSSR count). The van der Waals surface area contributed by atoms with Gasteiger partial charge in [-0.2, -0.15) is 0 Å². The number of halogens is 1. The van der Waals surface area contributed by atoms with Crippen LogP contribution in [-0.4, -0.2) is 34.5 Å². The smallest absolute Gasteiger partial charge is 0.140 e. The maximum absolute atomic E-state index is 5.95. The van der Waals surface area contributed by atoms with E-state index in [0.717, 1.165) is 54.0 Å². The second-order valence-corrected chi connectivity index (χ2v) is 5.39. The molecule has 4 nitrogen and oxygen atoms in total. The lowest BCUT2D eigenvalue weighted by Gasteiger charge is -2.17. The summed E-state index contributed by atoms with van der Waals surface area (Å²) in [4.78, 5) is 11.4. The Balaban J connectivity index is 2.77. The molecule has 2 N–H and O–H groups in total. The van der Waals surface area contributed by atoms with Gasteiger partial charge in [0.1, 0.15) is 11.6 Å². The Morgan fingerprint density at radius 2 is 1.78 bits per heavy atom. The molecule has 1 heterocycles. The average molecular weight is 362 g/mol. The topological polar surface area (TPSA) is 55.0 Å². The Morgan fingerprint density at radius 1 is 1.11 bits per heavy atom. The first-order valence-electron chi connectivity index (χ1n) is 6.65. The van der Waals surface area contributed by atoms with Crippen LogP contribution in [0.25, 0.3) is 0 Å². The lowest BCUT2D eigenvalue weighted by molar-refractivity contribution is 0.305. The molecule has 1 aromatic rings. The van der Waals surface area contributed by atoms with Crippen LogP contribution in [0.4, 0.5) is 5.82 Å². The van der Waals surface area contributed by atoms with Gasteiger partial charge in [0.15, 0.2) is 0 Å². The Labute approximate surface area is 124 Å². The highest BCUT2D eigenvalue weighted by Gasteiger charge is 2.10. The zero-order valence-electron chi connectivity index (χ0n) is 11.5. The summed E-state index contributed by atoms with van der Waals surface area (Å²) in [6, 6.07) is 0. The quantitative estimate of drug-likeness (QED) is 0.758. The number of hydrogen-bond acceptors (Lipinski definition) is 4. The Kier molecular flexibility index (Phi) is 6.85. The summed E-state index contributed by atoms with van der Waals surface area (Å²) in [5, 5.41) is 0. The highest BCUT2D eigenvalue weighted by Crippen LogP contribution is 2.18. The fourth-order valence-electron chi connectivity index (χ4n) is 1.88. The van der Waals surface area contributed by atoms with E-state index in [0.29, 0.717) is 5.82 Å². The molecule has 0 radical (unpaired) electrons. The molecule has 5 heteroatoms. The van der Waals surface area contributed by atoms with Crippen LogP contribution in [-0.2, 0) is 12.8 Å². The summed E-state index contributed by atoms with van der Waals surface area (Å²) in [5.41, 5.74) is 7.05. The third kappa shape index (κ3) is 4.35. The van der Waals surface area contributed by atoms with Crippen molar-refractivity contribution < 1.29 is 0 Å². The second kappa shape index (κ2) is 7.89. The largest absolute Gasteiger partial charge is 0.383 e. The number of anilines is 1. The summed E-state index contributed by atoms with van der Waals surface area (Å²) < 4.78 is 1.01. The van der Waals surface area contributed by atoms with Crippen molar-refractivity contribution in [2.75, 3.05) is 25.4 Å². The van der Waals surface area contributed by atoms with Gasteiger partial charge in [-0.3, -0.25) is 0 Å². The molecular formula is C13H23IN4. The number of nitrogens with two attached hydrogens (primary N) is 1. The summed E-state index contributed by atoms with van der Waals surface area (Å²) in [7, 11) is 0. The molecular weight excluding hydrogens is 339 g/mol. The van der Waals surface area contributed by atoms with Gasteiger partial charge < -0.3 is 10.6 Å². The molecule has 0 spiro atoms. The lowest BCUT2D eigenvalue weighted by Crippen LogP contribution is -2.26. The summed E-state index contributed by atoms with van der Waals surface area (Å²) in [6.07, 6.45) is 2.94. The van der Waals surface area contributed by atoms with Gasteiger partial charge in [-0.05, 0) is 42.1 Å². The van der Waals surface area contributed by atoms with Crippen molar-refractivity contribution in [3.8, 4) is 0 Å². The molecule has 0 atom stereocenters. The van der Waals surface area contributed by atoms with Gasteiger partial charge in [0.05, 0.1) is 9.26 Å². The number of likely N-dealkylation sites (N-methyl/N-ethyl adjacent to an activating group) is 1. The average Bonchev–Trinajstić information content (AvgIpc) is 2.36. The van der Waals surface area contributed by atoms with E-state index in [-0.39, 0.29) is 0 Å². The molecule has 0 amide bonds. The van der Waals surface area contributed by atoms with Crippen LogP contribution < -0.4 is 5.73 Å². The molecule has 0 aliphatic rings. The van der Waals surface area contributed by atoms with Crippen LogP contribution in [0.15, 0.2) is 0 Å². The Morgan fingerprint density at radius 3 is 2.33 bits per heavy atom. The van der Waals surface area contributed by atoms with Gasteiger partial charge in [-0.1, -0.05) is 27.2 Å². The van der Waals surface area contributed by atoms with Crippen LogP contribution >= 0.6 is 22.6 Å². The van der Waals surface area contributed by atoms with Crippen molar-refractivity contribution in [2.24, 2.45) is 0 Å². The summed E-state index contributed by atoms with van der Waals surface area (Å²) in [6.45, 7) is 9.64. The summed E-state index contributed by atoms with van der Waals surface area (Å²) >= 11 is 2.24. The SMILES string of the molecule is CCCc1nc(CCN(CC)CC)nc(N)c1I. The highest BCUT2D eigenvalue weighted by molar-refractivity contribution is 14.1. The van der Waals surface area contributed by atoms with Crippen molar-refractivity contribution in [3.05, 3.63) is 15.1 Å². The van der Waals surface area contributed by atoms with Crippen LogP contribution in [0, 0.1) is 3.57 Å². The van der Waals surface area contributed by atoms with Crippen molar-refractivity contribution in [2.45, 2.75) is 40.0 Å². The first kappa shape index (κ1) is 15.6. The van der Waals surface area contributed by atoms with Gasteiger partial charge in [0.2, 0.25) is 0 Å². The Hall–Kier alpha value is -0.430. The van der Waals surface area contributed by atoms with Crippen molar-refractivity contribution >= 4 is 28.4 Å². The predicted molar refractivity (Wildman–Crippen MR) is 84.6 cm³/mol. The van der Waals surface area contributed by atoms with Crippen LogP contribution in [0.2, 0.25) is 0 Å². The number of nitrogen functional groups attached to an aromatic ring is 1. The van der Waals surface area contributed by atoms with Crippen LogP contribution in [0.1, 0.15) is 38.7 Å². The van der Waals surface area contributed by atoms with E-state index in [1.165, 1.54) is 0 Å². The third-order valence-corrected chi connectivity index (χ3v) is 4.20. The first-order valence-corrected chi connectivity index (χ1v) is 7.73. The molecule has 0 aromatic carbocycles. The number of aryl methyl sites for hydroxylation is 1. The molecule has 0 unspecified atom stereocenters. The minimum absolute atomic E-state index is 0.628. The first-order chi connectivity index (χ1) is 8.62. The molecule has 0 saturated heterocycles. The van der Waals surface area contributed by atoms with E-state index in [9.17, 15) is 0 Å². The van der Waals surface area contributed by atoms with E-state index < -0.39 is 0 Å². The molecule has 1 aromatic heterocycles. The normalized spacial score (nSPS) is 11.2. The minimum atomic E-state index is 0.628. The second-order valence-electron chi connectivity index (χ2n) is 4.31. The van der Waals surface area contributed by atoms with E-state index >= 15 is 0 Å². The maximum atomic E-state index is 5.95. The lowest BCUT2D eigenvalue weighted by atomic mass is 10.2. The molecule has 0 aliphatic heterocycles. The minimum Gasteiger partial charge on any atom is -0.383 e. The van der Waals surface area contributed by atoms with Crippen molar-refractivity contribution in [1.29, 1.82) is 0 Å². The molecule has 0 bridgehead atoms. The van der Waals surface area contributed by atoms with Crippen LogP contribution in [0.3, 0.4) is 0 Å². The highest BCUT2D eigenvalue weighted by atomic mass is 127. The third-order valence-electron chi connectivity index (χ3n) is 3.02. The van der Waals surface area contributed by atoms with Gasteiger partial charge >= 0.3 is 0 Å². The van der Waals surface area contributed by atoms with E-state index in [2.05, 4.69) is 58.2 Å². The van der Waals surface area contributed by atoms with Crippen LogP contribution in [0.5, 0.6) is 0 Å². The summed E-state index contributed by atoms with van der Waals surface area (Å²) in [5.74, 6) is 1.51. The number of nitrogens with zero attached hydrogens (tertiary/aromatic N) is 3. The van der Waals surface area contributed by atoms with Gasteiger partial charge in [0.25, 0.3) is 0 Å². The number of hydrogen-bond donors (Lipinski definition) is 1. The fraction of sp³-hybridized carbons (Fsp3) is 0.692. The molecule has 18 heavy (non-hydrogen) atoms. The number of aromatic nitrogens is 2. The molecule has 0 aliphatic carbocycles. The molecule has 0 fully saturated rings. The van der Waals surface area contributed by atoms with E-state index in [4.69, 9.17) is 5.73 Å². The van der Waals surface area contributed by atoms with E-state index in [1.54, 1.807) is 0 Å². The van der Waals surface area contributed by atoms with Crippen molar-refractivity contribution in [3.63, 3.8) is 0 Å². The van der Waals surface area contributed by atoms with Crippen molar-refractivity contribution in [1.82, 2.24) is 14.9 Å². The Bertz CT molecular complexity index is 377. The van der Waals surface area contributed by atoms with Gasteiger partial charge in [0, 0.05) is 13.0 Å². The monoisotopic (exact) mass is 362 g/mol. The predicted octanol–water partition coefficient (Wildman–Crippen LogP) is 2.50. The molecule has 0 saturated carbocycles. The zero-order chi connectivity index (χ0) is 13.5. The number of rotatable bonds is 7. The standard InChI is InChI=1S/C13H23IN4/c1-4-7-10-12(14)13(15)17-11(16-10)8-9-18(5-2)6-3/h4-9H2,1-3H3,(H2,15,16,17). The fourth-order valence-corrected chi connectivity index (χ4v) is 2.39. The molecule has 102 valence electrons. The van der Waals surface area contributed by atoms with Gasteiger partial charge in [-0.15, -0.1) is 0 Å².